The molecule has 2 aromatic heterocycles. The van der Waals surface area contributed by atoms with Gasteiger partial charge in [0.1, 0.15) is 0 Å². The highest BCUT2D eigenvalue weighted by molar-refractivity contribution is 5.83. The van der Waals surface area contributed by atoms with Crippen molar-refractivity contribution in [1.82, 2.24) is 9.97 Å². The van der Waals surface area contributed by atoms with E-state index < -0.39 is 12.2 Å². The van der Waals surface area contributed by atoms with Crippen molar-refractivity contribution in [2.24, 2.45) is 0 Å². The van der Waals surface area contributed by atoms with Crippen LogP contribution in [-0.2, 0) is 0 Å². The number of aromatic nitrogens is 2. The van der Waals surface area contributed by atoms with Gasteiger partial charge in [0.25, 0.3) is 0 Å². The van der Waals surface area contributed by atoms with E-state index in [1.54, 1.807) is 6.07 Å². The number of aromatic amines is 1. The number of halogens is 3. The van der Waals surface area contributed by atoms with Crippen LogP contribution in [-0.4, -0.2) is 16.3 Å². The van der Waals surface area contributed by atoms with E-state index in [0.29, 0.717) is 10.9 Å². The molecule has 0 aliphatic rings. The quantitative estimate of drug-likeness (QED) is 0.771. The molecule has 0 aliphatic carbocycles. The molecule has 0 bridgehead atoms. The number of nitrogens with one attached hydrogen (secondary N) is 1. The predicted octanol–water partition coefficient (Wildman–Crippen LogP) is 2.46. The van der Waals surface area contributed by atoms with E-state index in [-0.39, 0.29) is 0 Å². The molecular weight excluding hydrogens is 197 g/mol. The Hall–Kier alpha value is -1.72. The van der Waals surface area contributed by atoms with Gasteiger partial charge in [-0.2, -0.15) is 0 Å². The lowest BCUT2D eigenvalue weighted by molar-refractivity contribution is -0.275. The molecule has 0 saturated carbocycles. The van der Waals surface area contributed by atoms with E-state index in [1.165, 1.54) is 18.5 Å². The smallest absolute Gasteiger partial charge is 0.387 e. The molecular formula is C8H5F3N2O. The van der Waals surface area contributed by atoms with E-state index in [0.717, 1.165) is 0 Å². The number of alkyl halides is 3. The average Bonchev–Trinajstić information content (AvgIpc) is 2.49. The molecule has 6 heteroatoms. The van der Waals surface area contributed by atoms with E-state index in [9.17, 15) is 13.2 Å². The highest BCUT2D eigenvalue weighted by Gasteiger charge is 2.32. The maximum atomic E-state index is 11.9. The van der Waals surface area contributed by atoms with Gasteiger partial charge in [-0.25, -0.2) is 4.98 Å². The number of hydrogen-bond acceptors (Lipinski definition) is 2. The maximum Gasteiger partial charge on any atom is 0.574 e. The first-order valence-corrected chi connectivity index (χ1v) is 3.74. The van der Waals surface area contributed by atoms with Gasteiger partial charge in [0, 0.05) is 12.4 Å². The molecule has 0 fully saturated rings. The van der Waals surface area contributed by atoms with E-state index in [2.05, 4.69) is 14.7 Å². The van der Waals surface area contributed by atoms with Crippen LogP contribution in [0.2, 0.25) is 0 Å². The van der Waals surface area contributed by atoms with Crippen LogP contribution in [0.3, 0.4) is 0 Å². The fraction of sp³-hybridized carbons (Fsp3) is 0.125. The first-order chi connectivity index (χ1) is 6.56. The van der Waals surface area contributed by atoms with E-state index in [1.807, 2.05) is 0 Å². The van der Waals surface area contributed by atoms with Crippen molar-refractivity contribution >= 4 is 10.9 Å². The van der Waals surface area contributed by atoms with Gasteiger partial charge in [0.2, 0.25) is 5.88 Å². The average molecular weight is 202 g/mol. The second-order valence-corrected chi connectivity index (χ2v) is 2.60. The molecule has 2 rings (SSSR count). The topological polar surface area (TPSA) is 37.9 Å². The zero-order chi connectivity index (χ0) is 10.2. The van der Waals surface area contributed by atoms with Crippen molar-refractivity contribution in [3.63, 3.8) is 0 Å². The van der Waals surface area contributed by atoms with Crippen LogP contribution >= 0.6 is 0 Å². The Morgan fingerprint density at radius 2 is 2.07 bits per heavy atom. The second kappa shape index (κ2) is 2.90. The molecule has 3 nitrogen and oxygen atoms in total. The molecule has 14 heavy (non-hydrogen) atoms. The standard InChI is InChI=1S/C8H5F3N2O/c9-8(10,11)14-7-5-1-3-12-6(5)2-4-13-7/h1-4,12H. The van der Waals surface area contributed by atoms with Crippen molar-refractivity contribution in [1.29, 1.82) is 0 Å². The van der Waals surface area contributed by atoms with Crippen LogP contribution in [0.4, 0.5) is 13.2 Å². The van der Waals surface area contributed by atoms with Crippen LogP contribution in [0.5, 0.6) is 5.88 Å². The molecule has 2 aromatic rings. The molecule has 0 radical (unpaired) electrons. The summed E-state index contributed by atoms with van der Waals surface area (Å²) in [6.07, 6.45) is -1.94. The Morgan fingerprint density at radius 3 is 2.79 bits per heavy atom. The molecule has 1 N–H and O–H groups in total. The zero-order valence-electron chi connectivity index (χ0n) is 6.80. The number of H-pyrrole nitrogens is 1. The van der Waals surface area contributed by atoms with Gasteiger partial charge in [-0.15, -0.1) is 13.2 Å². The van der Waals surface area contributed by atoms with E-state index in [4.69, 9.17) is 0 Å². The largest absolute Gasteiger partial charge is 0.574 e. The normalized spacial score (nSPS) is 11.9. The van der Waals surface area contributed by atoms with Gasteiger partial charge in [0.15, 0.2) is 0 Å². The minimum Gasteiger partial charge on any atom is -0.387 e. The lowest BCUT2D eigenvalue weighted by Crippen LogP contribution is -2.17. The minimum atomic E-state index is -4.71. The molecule has 0 amide bonds. The third kappa shape index (κ3) is 1.63. The summed E-state index contributed by atoms with van der Waals surface area (Å²) in [6, 6.07) is 3.04. The van der Waals surface area contributed by atoms with Crippen LogP contribution < -0.4 is 4.74 Å². The van der Waals surface area contributed by atoms with Gasteiger partial charge in [0.05, 0.1) is 10.9 Å². The van der Waals surface area contributed by atoms with Gasteiger partial charge in [-0.3, -0.25) is 0 Å². The van der Waals surface area contributed by atoms with Gasteiger partial charge < -0.3 is 9.72 Å². The van der Waals surface area contributed by atoms with Crippen molar-refractivity contribution in [3.8, 4) is 5.88 Å². The Labute approximate surface area is 76.5 Å². The molecule has 0 aromatic carbocycles. The summed E-state index contributed by atoms with van der Waals surface area (Å²) in [5.74, 6) is -0.434. The third-order valence-electron chi connectivity index (χ3n) is 1.65. The van der Waals surface area contributed by atoms with Crippen LogP contribution in [0.15, 0.2) is 24.5 Å². The van der Waals surface area contributed by atoms with Crippen LogP contribution in [0.1, 0.15) is 0 Å². The van der Waals surface area contributed by atoms with Gasteiger partial charge >= 0.3 is 6.36 Å². The number of rotatable bonds is 1. The first kappa shape index (κ1) is 8.86. The summed E-state index contributed by atoms with van der Waals surface area (Å²) in [4.78, 5) is 6.26. The lowest BCUT2D eigenvalue weighted by Gasteiger charge is -2.07. The van der Waals surface area contributed by atoms with Crippen LogP contribution in [0.25, 0.3) is 10.9 Å². The molecule has 0 unspecified atom stereocenters. The Kier molecular flexibility index (Phi) is 1.83. The number of fused-ring (bicyclic) bond motifs is 1. The number of hydrogen-bond donors (Lipinski definition) is 1. The molecule has 74 valence electrons. The number of nitrogens with zero attached hydrogens (tertiary/aromatic N) is 1. The lowest BCUT2D eigenvalue weighted by atomic mass is 10.3. The highest BCUT2D eigenvalue weighted by atomic mass is 19.4. The number of pyridine rings is 1. The van der Waals surface area contributed by atoms with Crippen molar-refractivity contribution in [2.45, 2.75) is 6.36 Å². The fourth-order valence-electron chi connectivity index (χ4n) is 1.15. The van der Waals surface area contributed by atoms with Crippen molar-refractivity contribution < 1.29 is 17.9 Å². The molecule has 0 saturated heterocycles. The second-order valence-electron chi connectivity index (χ2n) is 2.60. The monoisotopic (exact) mass is 202 g/mol. The summed E-state index contributed by atoms with van der Waals surface area (Å²) in [7, 11) is 0. The van der Waals surface area contributed by atoms with Crippen molar-refractivity contribution in [2.75, 3.05) is 0 Å². The molecule has 0 atom stereocenters. The first-order valence-electron chi connectivity index (χ1n) is 3.74. The van der Waals surface area contributed by atoms with Gasteiger partial charge in [-0.1, -0.05) is 0 Å². The Bertz CT molecular complexity index is 449. The summed E-state index contributed by atoms with van der Waals surface area (Å²) in [5.41, 5.74) is 0.555. The maximum absolute atomic E-state index is 11.9. The molecule has 2 heterocycles. The Morgan fingerprint density at radius 1 is 1.29 bits per heavy atom. The fourth-order valence-corrected chi connectivity index (χ4v) is 1.15. The SMILES string of the molecule is FC(F)(F)Oc1nccc2[nH]ccc12. The van der Waals surface area contributed by atoms with Gasteiger partial charge in [-0.05, 0) is 12.1 Å². The van der Waals surface area contributed by atoms with Crippen LogP contribution in [0, 0.1) is 0 Å². The molecule has 0 spiro atoms. The summed E-state index contributed by atoms with van der Waals surface area (Å²) in [5, 5.41) is 0.310. The number of ether oxygens (including phenoxy) is 1. The minimum absolute atomic E-state index is 0.310. The predicted molar refractivity (Wildman–Crippen MR) is 42.8 cm³/mol. The summed E-state index contributed by atoms with van der Waals surface area (Å²) < 4.78 is 39.5. The third-order valence-corrected chi connectivity index (χ3v) is 1.65. The summed E-state index contributed by atoms with van der Waals surface area (Å²) in [6.45, 7) is 0. The highest BCUT2D eigenvalue weighted by Crippen LogP contribution is 2.27. The molecule has 0 aliphatic heterocycles. The zero-order valence-corrected chi connectivity index (χ0v) is 6.80. The van der Waals surface area contributed by atoms with Crippen molar-refractivity contribution in [3.05, 3.63) is 24.5 Å². The Balaban J connectivity index is 2.46. The summed E-state index contributed by atoms with van der Waals surface area (Å²) >= 11 is 0. The van der Waals surface area contributed by atoms with E-state index >= 15 is 0 Å².